The highest BCUT2D eigenvalue weighted by atomic mass is 35.5. The summed E-state index contributed by atoms with van der Waals surface area (Å²) in [5.74, 6) is -2.05. The molecule has 2 aliphatic rings. The molecule has 1 saturated heterocycles. The van der Waals surface area contributed by atoms with Gasteiger partial charge in [0.15, 0.2) is 21.3 Å². The number of carbonyl (C=O) groups is 3. The van der Waals surface area contributed by atoms with Crippen molar-refractivity contribution in [1.82, 2.24) is 25.4 Å². The first-order chi connectivity index (χ1) is 31.2. The molecule has 7 aromatic rings. The van der Waals surface area contributed by atoms with Crippen LogP contribution < -0.4 is 16.8 Å². The van der Waals surface area contributed by atoms with Crippen LogP contribution in [0.15, 0.2) is 172 Å². The maximum absolute atomic E-state index is 14.7. The van der Waals surface area contributed by atoms with Gasteiger partial charge in [0.25, 0.3) is 11.8 Å². The number of fused-ring (bicyclic) bond motifs is 1. The van der Waals surface area contributed by atoms with Crippen molar-refractivity contribution in [2.24, 2.45) is 5.16 Å². The predicted octanol–water partition coefficient (Wildman–Crippen LogP) is 8.35. The van der Waals surface area contributed by atoms with Crippen LogP contribution in [0.4, 0.5) is 10.3 Å². The van der Waals surface area contributed by atoms with Crippen molar-refractivity contribution in [2.45, 2.75) is 41.0 Å². The summed E-state index contributed by atoms with van der Waals surface area (Å²) in [4.78, 5) is 56.7. The van der Waals surface area contributed by atoms with Crippen LogP contribution in [0, 0.1) is 0 Å². The molecular formula is C47H37ClN8O5S3. The lowest BCUT2D eigenvalue weighted by Crippen LogP contribution is -2.72. The Morgan fingerprint density at radius 2 is 1.31 bits per heavy atom. The van der Waals surface area contributed by atoms with Gasteiger partial charge in [0, 0.05) is 21.6 Å². The zero-order valence-corrected chi connectivity index (χ0v) is 36.8. The molecule has 2 aromatic heterocycles. The van der Waals surface area contributed by atoms with Crippen LogP contribution in [0.25, 0.3) is 0 Å². The van der Waals surface area contributed by atoms with Crippen LogP contribution in [-0.4, -0.2) is 55.7 Å². The van der Waals surface area contributed by atoms with Gasteiger partial charge in [-0.1, -0.05) is 203 Å². The summed E-state index contributed by atoms with van der Waals surface area (Å²) in [6.07, 6.45) is -0.0534. The Balaban J connectivity index is 1.06. The molecule has 0 bridgehead atoms. The lowest BCUT2D eigenvalue weighted by molar-refractivity contribution is -0.158. The number of thiazole rings is 1. The summed E-state index contributed by atoms with van der Waals surface area (Å²) in [5.41, 5.74) is 14.0. The number of oxime groups is 1. The van der Waals surface area contributed by atoms with E-state index < -0.39 is 41.6 Å². The molecule has 2 atom stereocenters. The van der Waals surface area contributed by atoms with Crippen LogP contribution in [0.2, 0.25) is 4.34 Å². The highest BCUT2D eigenvalue weighted by Gasteiger charge is 2.54. The average Bonchev–Trinajstić information content (AvgIpc) is 3.91. The number of hydrogen-bond donors (Lipinski definition) is 3. The minimum Gasteiger partial charge on any atom is -0.448 e. The number of allylic oxidation sites excluding steroid dienone is 1. The summed E-state index contributed by atoms with van der Waals surface area (Å²) in [5, 5.41) is 15.9. The Morgan fingerprint density at radius 3 is 1.80 bits per heavy atom. The molecule has 4 heterocycles. The fraction of sp³-hybridized carbons (Fsp3) is 0.128. The molecule has 2 amide bonds. The van der Waals surface area contributed by atoms with E-state index in [-0.39, 0.29) is 31.7 Å². The number of esters is 1. The van der Waals surface area contributed by atoms with Gasteiger partial charge < -0.3 is 26.4 Å². The minimum absolute atomic E-state index is 0.0240. The molecule has 9 rings (SSSR count). The van der Waals surface area contributed by atoms with Crippen LogP contribution in [0.1, 0.15) is 52.5 Å². The largest absolute Gasteiger partial charge is 0.448 e. The smallest absolute Gasteiger partial charge is 0.356 e. The third kappa shape index (κ3) is 8.35. The molecule has 5 N–H and O–H groups in total. The van der Waals surface area contributed by atoms with Gasteiger partial charge in [-0.15, -0.1) is 10.2 Å². The molecule has 5 aromatic carbocycles. The maximum atomic E-state index is 14.7. The van der Waals surface area contributed by atoms with E-state index in [0.29, 0.717) is 22.1 Å². The zero-order valence-electron chi connectivity index (χ0n) is 33.6. The number of nitrogens with two attached hydrogens (primary N) is 2. The van der Waals surface area contributed by atoms with Gasteiger partial charge in [-0.2, -0.15) is 0 Å². The van der Waals surface area contributed by atoms with E-state index in [4.69, 9.17) is 32.6 Å². The zero-order chi connectivity index (χ0) is 44.2. The normalized spacial score (nSPS) is 16.2. The number of nitrogens with one attached hydrogen (secondary N) is 1. The highest BCUT2D eigenvalue weighted by Crippen LogP contribution is 2.46. The van der Waals surface area contributed by atoms with E-state index in [1.165, 1.54) is 16.7 Å². The number of rotatable bonds is 14. The highest BCUT2D eigenvalue weighted by molar-refractivity contribution is 8.04. The summed E-state index contributed by atoms with van der Waals surface area (Å²) in [6, 6.07) is 45.5. The molecule has 0 saturated carbocycles. The first kappa shape index (κ1) is 42.5. The molecule has 1 unspecified atom stereocenters. The maximum Gasteiger partial charge on any atom is 0.356 e. The fourth-order valence-corrected chi connectivity index (χ4v) is 10.7. The summed E-state index contributed by atoms with van der Waals surface area (Å²) in [7, 11) is 0. The molecule has 64 heavy (non-hydrogen) atoms. The van der Waals surface area contributed by atoms with E-state index in [1.807, 2.05) is 152 Å². The standard InChI is InChI=1S/C47H37ClN8O5S3/c48-40-36(52-44(49)63-40)37(55-61-47(30-20-10-3-11-21-30,31-22-12-4-13-23-31)32-24-14-5-15-25-32)41(57)51-35-33-26-27-34(62-46-54-53-45(50)64-46)38(56(33)42(35)58)43(59)60-39(28-16-6-1-7-17-28)29-18-8-2-9-19-29/h1-25,33,35,39H,26-27H2,(H2,49,52)(H2,50,53)(H,51,57)/t33?,35-/m1/s1. The molecule has 0 aliphatic carbocycles. The fourth-order valence-electron chi connectivity index (χ4n) is 7.89. The second-order valence-electron chi connectivity index (χ2n) is 14.6. The minimum atomic E-state index is -1.36. The number of thioether (sulfide) groups is 1. The van der Waals surface area contributed by atoms with E-state index in [2.05, 4.69) is 25.7 Å². The quantitative estimate of drug-likeness (QED) is 0.0313. The van der Waals surface area contributed by atoms with Crippen LogP contribution in [0.5, 0.6) is 0 Å². The molecule has 2 aliphatic heterocycles. The Morgan fingerprint density at radius 1 is 0.781 bits per heavy atom. The van der Waals surface area contributed by atoms with E-state index in [0.717, 1.165) is 50.5 Å². The number of aromatic nitrogens is 3. The molecule has 1 fully saturated rings. The Bertz CT molecular complexity index is 2730. The first-order valence-electron chi connectivity index (χ1n) is 20.0. The van der Waals surface area contributed by atoms with Gasteiger partial charge in [-0.3, -0.25) is 14.5 Å². The summed E-state index contributed by atoms with van der Waals surface area (Å²) >= 11 is 10.0. The molecule has 17 heteroatoms. The van der Waals surface area contributed by atoms with Crippen LogP contribution in [0.3, 0.4) is 0 Å². The number of β-lactam (4-membered cyclic amide) rings is 1. The number of nitrogens with zero attached hydrogens (tertiary/aromatic N) is 5. The number of anilines is 2. The van der Waals surface area contributed by atoms with Gasteiger partial charge in [-0.25, -0.2) is 9.78 Å². The summed E-state index contributed by atoms with van der Waals surface area (Å²) in [6.45, 7) is 0. The second-order valence-corrected chi connectivity index (χ2v) is 18.6. The number of amides is 2. The number of hydrogen-bond acceptors (Lipinski definition) is 14. The van der Waals surface area contributed by atoms with Crippen molar-refractivity contribution >= 4 is 79.8 Å². The third-order valence-corrected chi connectivity index (χ3v) is 13.8. The van der Waals surface area contributed by atoms with Crippen LogP contribution >= 0.6 is 46.0 Å². The first-order valence-corrected chi connectivity index (χ1v) is 22.8. The molecule has 320 valence electrons. The average molecular weight is 926 g/mol. The van der Waals surface area contributed by atoms with Crippen LogP contribution in [-0.2, 0) is 29.6 Å². The molecular weight excluding hydrogens is 888 g/mol. The number of nitrogen functional groups attached to an aromatic ring is 2. The van der Waals surface area contributed by atoms with E-state index >= 15 is 0 Å². The topological polar surface area (TPSA) is 188 Å². The van der Waals surface area contributed by atoms with E-state index in [1.54, 1.807) is 0 Å². The molecule has 0 spiro atoms. The van der Waals surface area contributed by atoms with Crippen molar-refractivity contribution in [3.8, 4) is 0 Å². The predicted molar refractivity (Wildman–Crippen MR) is 248 cm³/mol. The SMILES string of the molecule is Nc1nnc(SC2=C(C(=O)OC(c3ccccc3)c3ccccc3)N3C(=O)[C@H](NC(=O)C(=NOC(c4ccccc4)(c4ccccc4)c4ccccc4)c4nc(N)sc4Cl)C3CC2)s1. The number of ether oxygens (including phenoxy) is 1. The Labute approximate surface area is 384 Å². The molecule has 13 nitrogen and oxygen atoms in total. The molecule has 0 radical (unpaired) electrons. The second kappa shape index (κ2) is 18.5. The van der Waals surface area contributed by atoms with Gasteiger partial charge in [0.1, 0.15) is 21.8 Å². The Hall–Kier alpha value is -6.85. The Kier molecular flexibility index (Phi) is 12.3. The van der Waals surface area contributed by atoms with Gasteiger partial charge >= 0.3 is 5.97 Å². The van der Waals surface area contributed by atoms with Gasteiger partial charge in [0.05, 0.1) is 6.04 Å². The van der Waals surface area contributed by atoms with Crippen molar-refractivity contribution in [3.05, 3.63) is 200 Å². The van der Waals surface area contributed by atoms with Crippen molar-refractivity contribution in [3.63, 3.8) is 0 Å². The van der Waals surface area contributed by atoms with Crippen molar-refractivity contribution < 1.29 is 24.0 Å². The number of benzene rings is 5. The monoisotopic (exact) mass is 924 g/mol. The lowest BCUT2D eigenvalue weighted by Gasteiger charge is -2.50. The van der Waals surface area contributed by atoms with Gasteiger partial charge in [-0.05, 0) is 24.0 Å². The number of carbonyl (C=O) groups excluding carboxylic acids is 3. The van der Waals surface area contributed by atoms with E-state index in [9.17, 15) is 14.4 Å². The van der Waals surface area contributed by atoms with Crippen molar-refractivity contribution in [1.29, 1.82) is 0 Å². The third-order valence-electron chi connectivity index (χ3n) is 10.8. The van der Waals surface area contributed by atoms with Crippen molar-refractivity contribution in [2.75, 3.05) is 11.5 Å². The van der Waals surface area contributed by atoms with Gasteiger partial charge in [0.2, 0.25) is 10.7 Å². The summed E-state index contributed by atoms with van der Waals surface area (Å²) < 4.78 is 6.91. The number of halogens is 1. The lowest BCUT2D eigenvalue weighted by atomic mass is 9.80.